The van der Waals surface area contributed by atoms with E-state index in [4.69, 9.17) is 5.73 Å². The average Bonchev–Trinajstić information content (AvgIpc) is 2.83. The van der Waals surface area contributed by atoms with Crippen molar-refractivity contribution in [2.24, 2.45) is 5.73 Å². The van der Waals surface area contributed by atoms with E-state index in [0.29, 0.717) is 11.6 Å². The molecule has 1 aliphatic carbocycles. The summed E-state index contributed by atoms with van der Waals surface area (Å²) in [5, 5.41) is 0.690. The van der Waals surface area contributed by atoms with Crippen molar-refractivity contribution < 1.29 is 9.69 Å². The molecule has 110 valence electrons. The van der Waals surface area contributed by atoms with Gasteiger partial charge in [0.15, 0.2) is 0 Å². The molecule has 0 bridgehead atoms. The molecule has 1 aromatic heterocycles. The summed E-state index contributed by atoms with van der Waals surface area (Å²) in [4.78, 5) is 28.5. The Kier molecular flexibility index (Phi) is 4.82. The number of carbonyl (C=O) groups is 1. The van der Waals surface area contributed by atoms with E-state index in [0.717, 1.165) is 37.1 Å². The van der Waals surface area contributed by atoms with E-state index in [1.54, 1.807) is 4.57 Å². The zero-order valence-electron chi connectivity index (χ0n) is 11.9. The molecule has 1 heterocycles. The molecule has 20 heavy (non-hydrogen) atoms. The van der Waals surface area contributed by atoms with Crippen molar-refractivity contribution >= 4 is 17.7 Å². The molecule has 0 atom stereocenters. The van der Waals surface area contributed by atoms with Crippen molar-refractivity contribution in [2.45, 2.75) is 30.8 Å². The van der Waals surface area contributed by atoms with Crippen LogP contribution in [-0.4, -0.2) is 41.9 Å². The number of primary amides is 1. The number of hydrogen-bond donors (Lipinski definition) is 2. The molecule has 6 nitrogen and oxygen atoms in total. The molecule has 0 aromatic carbocycles. The first kappa shape index (κ1) is 15.1. The molecule has 0 aliphatic heterocycles. The summed E-state index contributed by atoms with van der Waals surface area (Å²) in [7, 11) is 4.13. The largest absolute Gasteiger partial charge is 0.369 e. The van der Waals surface area contributed by atoms with Gasteiger partial charge in [-0.15, -0.1) is 0 Å². The normalized spacial score (nSPS) is 13.8. The number of nitrogens with two attached hydrogens (primary N) is 1. The molecule has 0 spiro atoms. The van der Waals surface area contributed by atoms with Gasteiger partial charge in [0.05, 0.1) is 32.9 Å². The number of fused-ring (bicyclic) bond motifs is 1. The first-order chi connectivity index (χ1) is 9.49. The molecule has 0 saturated heterocycles. The molecule has 0 saturated carbocycles. The summed E-state index contributed by atoms with van der Waals surface area (Å²) in [6, 6.07) is 0. The number of thioether (sulfide) groups is 1. The van der Waals surface area contributed by atoms with Crippen LogP contribution in [0.4, 0.5) is 0 Å². The molecule has 0 radical (unpaired) electrons. The average molecular weight is 297 g/mol. The molecule has 1 amide bonds. The van der Waals surface area contributed by atoms with Crippen LogP contribution in [-0.2, 0) is 24.2 Å². The lowest BCUT2D eigenvalue weighted by atomic mass is 10.2. The Labute approximate surface area is 122 Å². The highest BCUT2D eigenvalue weighted by Gasteiger charge is 2.22. The van der Waals surface area contributed by atoms with E-state index < -0.39 is 0 Å². The Morgan fingerprint density at radius 1 is 1.45 bits per heavy atom. The first-order valence-corrected chi connectivity index (χ1v) is 7.80. The smallest absolute Gasteiger partial charge is 0.349 e. The van der Waals surface area contributed by atoms with E-state index in [9.17, 15) is 9.59 Å². The lowest BCUT2D eigenvalue weighted by Crippen LogP contribution is -3.06. The van der Waals surface area contributed by atoms with Gasteiger partial charge in [0.1, 0.15) is 5.03 Å². The van der Waals surface area contributed by atoms with Gasteiger partial charge >= 0.3 is 5.69 Å². The van der Waals surface area contributed by atoms with Gasteiger partial charge in [-0.25, -0.2) is 4.79 Å². The Balaban J connectivity index is 2.30. The fraction of sp³-hybridized carbons (Fsp3) is 0.615. The van der Waals surface area contributed by atoms with Gasteiger partial charge < -0.3 is 10.6 Å². The highest BCUT2D eigenvalue weighted by atomic mass is 32.2. The maximum Gasteiger partial charge on any atom is 0.349 e. The second-order valence-corrected chi connectivity index (χ2v) is 6.31. The quantitative estimate of drug-likeness (QED) is 0.492. The van der Waals surface area contributed by atoms with Crippen molar-refractivity contribution in [1.29, 1.82) is 0 Å². The topological polar surface area (TPSA) is 82.4 Å². The van der Waals surface area contributed by atoms with E-state index in [2.05, 4.69) is 19.1 Å². The number of nitrogens with zero attached hydrogens (tertiary/aromatic N) is 2. The van der Waals surface area contributed by atoms with Crippen molar-refractivity contribution in [2.75, 3.05) is 26.4 Å². The van der Waals surface area contributed by atoms with Gasteiger partial charge in [0.25, 0.3) is 0 Å². The summed E-state index contributed by atoms with van der Waals surface area (Å²) in [5.41, 5.74) is 7.18. The number of likely N-dealkylation sites (N-methyl/N-ethyl adjacent to an activating group) is 1. The van der Waals surface area contributed by atoms with Crippen LogP contribution in [0.25, 0.3) is 0 Å². The van der Waals surface area contributed by atoms with Crippen molar-refractivity contribution in [1.82, 2.24) is 9.55 Å². The second-order valence-electron chi connectivity index (χ2n) is 5.34. The van der Waals surface area contributed by atoms with Gasteiger partial charge in [0.2, 0.25) is 5.91 Å². The van der Waals surface area contributed by atoms with Crippen LogP contribution in [0.3, 0.4) is 0 Å². The van der Waals surface area contributed by atoms with Crippen LogP contribution in [0.1, 0.15) is 17.7 Å². The summed E-state index contributed by atoms with van der Waals surface area (Å²) >= 11 is 1.28. The highest BCUT2D eigenvalue weighted by Crippen LogP contribution is 2.28. The van der Waals surface area contributed by atoms with Crippen LogP contribution in [0.15, 0.2) is 9.82 Å². The fourth-order valence-corrected chi connectivity index (χ4v) is 3.23. The summed E-state index contributed by atoms with van der Waals surface area (Å²) in [6.45, 7) is 1.58. The number of quaternary nitrogens is 1. The molecule has 7 heteroatoms. The molecule has 0 unspecified atom stereocenters. The Morgan fingerprint density at radius 2 is 2.20 bits per heavy atom. The summed E-state index contributed by atoms with van der Waals surface area (Å²) in [5.74, 6) is -0.214. The highest BCUT2D eigenvalue weighted by molar-refractivity contribution is 7.99. The van der Waals surface area contributed by atoms with Crippen molar-refractivity contribution in [3.05, 3.63) is 21.7 Å². The van der Waals surface area contributed by atoms with Gasteiger partial charge in [-0.2, -0.15) is 4.98 Å². The molecular weight excluding hydrogens is 276 g/mol. The number of nitrogens with one attached hydrogen (secondary N) is 1. The van der Waals surface area contributed by atoms with Crippen molar-refractivity contribution in [3.8, 4) is 0 Å². The number of amides is 1. The minimum Gasteiger partial charge on any atom is -0.369 e. The van der Waals surface area contributed by atoms with Crippen molar-refractivity contribution in [3.63, 3.8) is 0 Å². The molecule has 3 N–H and O–H groups in total. The van der Waals surface area contributed by atoms with E-state index in [-0.39, 0.29) is 17.3 Å². The number of rotatable bonds is 6. The van der Waals surface area contributed by atoms with Crippen LogP contribution in [0, 0.1) is 0 Å². The van der Waals surface area contributed by atoms with Gasteiger partial charge in [-0.05, 0) is 19.3 Å². The minimum atomic E-state index is -0.385. The van der Waals surface area contributed by atoms with Gasteiger partial charge in [-0.3, -0.25) is 9.36 Å². The van der Waals surface area contributed by atoms with Gasteiger partial charge in [-0.1, -0.05) is 11.8 Å². The predicted octanol–water partition coefficient (Wildman–Crippen LogP) is -1.55. The number of carbonyl (C=O) groups excluding carboxylic acids is 1. The maximum absolute atomic E-state index is 12.2. The molecule has 1 aliphatic rings. The van der Waals surface area contributed by atoms with Crippen LogP contribution in [0.2, 0.25) is 0 Å². The predicted molar refractivity (Wildman–Crippen MR) is 78.1 cm³/mol. The monoisotopic (exact) mass is 297 g/mol. The third-order valence-electron chi connectivity index (χ3n) is 3.39. The molecule has 2 rings (SSSR count). The first-order valence-electron chi connectivity index (χ1n) is 6.81. The molecule has 0 fully saturated rings. The van der Waals surface area contributed by atoms with E-state index >= 15 is 0 Å². The minimum absolute atomic E-state index is 0.171. The zero-order chi connectivity index (χ0) is 14.7. The van der Waals surface area contributed by atoms with Crippen LogP contribution >= 0.6 is 11.8 Å². The lowest BCUT2D eigenvalue weighted by Gasteiger charge is -2.15. The number of hydrogen-bond acceptors (Lipinski definition) is 4. The van der Waals surface area contributed by atoms with Crippen LogP contribution in [0.5, 0.6) is 0 Å². The Morgan fingerprint density at radius 3 is 2.85 bits per heavy atom. The standard InChI is InChI=1S/C13H20N4O2S/c1-16(2)6-7-17-10-5-3-4-9(10)12(15-13(17)19)20-8-11(14)18/h3-8H2,1-2H3,(H2,14,18)/p+1. The SMILES string of the molecule is C[NH+](C)CCn1c2c(c(SCC(N)=O)nc1=O)CCC2. The van der Waals surface area contributed by atoms with E-state index in [1.165, 1.54) is 16.7 Å². The maximum atomic E-state index is 12.2. The second kappa shape index (κ2) is 6.41. The summed E-state index contributed by atoms with van der Waals surface area (Å²) in [6.07, 6.45) is 2.89. The number of aromatic nitrogens is 2. The lowest BCUT2D eigenvalue weighted by molar-refractivity contribution is -0.859. The third-order valence-corrected chi connectivity index (χ3v) is 4.43. The molecule has 1 aromatic rings. The third kappa shape index (κ3) is 3.40. The fourth-order valence-electron chi connectivity index (χ4n) is 2.41. The summed E-state index contributed by atoms with van der Waals surface area (Å²) < 4.78 is 1.80. The van der Waals surface area contributed by atoms with E-state index in [1.807, 2.05) is 0 Å². The van der Waals surface area contributed by atoms with Gasteiger partial charge in [0, 0.05) is 11.3 Å². The van der Waals surface area contributed by atoms with Crippen LogP contribution < -0.4 is 16.3 Å². The zero-order valence-corrected chi connectivity index (χ0v) is 12.8. The Bertz CT molecular complexity index is 568. The molecular formula is C13H21N4O2S+. The Hall–Kier alpha value is -1.34.